The first kappa shape index (κ1) is 14.2. The van der Waals surface area contributed by atoms with Crippen molar-refractivity contribution in [2.24, 2.45) is 0 Å². The highest BCUT2D eigenvalue weighted by molar-refractivity contribution is 5.06. The van der Waals surface area contributed by atoms with Crippen molar-refractivity contribution in [3.05, 3.63) is 23.7 Å². The Morgan fingerprint density at radius 3 is 2.65 bits per heavy atom. The summed E-state index contributed by atoms with van der Waals surface area (Å²) in [5.41, 5.74) is 0. The molecule has 0 aromatic carbocycles. The third-order valence-corrected chi connectivity index (χ3v) is 2.33. The Balaban J connectivity index is 2.21. The summed E-state index contributed by atoms with van der Waals surface area (Å²) in [6, 6.07) is 4.45. The zero-order valence-corrected chi connectivity index (χ0v) is 11.3. The average molecular weight is 240 g/mol. The number of nitrogens with zero attached hydrogens (tertiary/aromatic N) is 1. The number of rotatable bonds is 8. The zero-order valence-electron chi connectivity index (χ0n) is 11.3. The molecule has 1 rings (SSSR count). The normalized spacial score (nSPS) is 11.6. The van der Waals surface area contributed by atoms with E-state index in [4.69, 9.17) is 9.15 Å². The summed E-state index contributed by atoms with van der Waals surface area (Å²) in [7, 11) is 4.07. The van der Waals surface area contributed by atoms with Crippen LogP contribution in [0.1, 0.15) is 25.4 Å². The Morgan fingerprint density at radius 2 is 2.00 bits per heavy atom. The summed E-state index contributed by atoms with van der Waals surface area (Å²) in [6.07, 6.45) is 0. The topological polar surface area (TPSA) is 37.6 Å². The SMILES string of the molecule is CC(C)NCc1ccc(COCCN(C)C)o1. The fraction of sp³-hybridized carbons (Fsp3) is 0.692. The smallest absolute Gasteiger partial charge is 0.129 e. The molecule has 0 saturated heterocycles. The molecule has 1 heterocycles. The van der Waals surface area contributed by atoms with Crippen LogP contribution >= 0.6 is 0 Å². The van der Waals surface area contributed by atoms with Crippen LogP contribution in [0.2, 0.25) is 0 Å². The van der Waals surface area contributed by atoms with Gasteiger partial charge in [-0.15, -0.1) is 0 Å². The fourth-order valence-electron chi connectivity index (χ4n) is 1.32. The molecule has 0 spiro atoms. The van der Waals surface area contributed by atoms with Gasteiger partial charge < -0.3 is 19.4 Å². The molecule has 1 N–H and O–H groups in total. The highest BCUT2D eigenvalue weighted by Gasteiger charge is 2.03. The van der Waals surface area contributed by atoms with Crippen LogP contribution in [0.15, 0.2) is 16.5 Å². The summed E-state index contributed by atoms with van der Waals surface area (Å²) in [4.78, 5) is 2.10. The molecule has 0 aliphatic rings. The van der Waals surface area contributed by atoms with Gasteiger partial charge in [-0.1, -0.05) is 13.8 Å². The van der Waals surface area contributed by atoms with Gasteiger partial charge in [-0.2, -0.15) is 0 Å². The number of likely N-dealkylation sites (N-methyl/N-ethyl adjacent to an activating group) is 1. The van der Waals surface area contributed by atoms with Gasteiger partial charge in [0.1, 0.15) is 18.1 Å². The summed E-state index contributed by atoms with van der Waals surface area (Å²) < 4.78 is 11.2. The number of ether oxygens (including phenoxy) is 1. The summed E-state index contributed by atoms with van der Waals surface area (Å²) >= 11 is 0. The van der Waals surface area contributed by atoms with Crippen LogP contribution in [0.3, 0.4) is 0 Å². The Bertz CT molecular complexity index is 308. The molecule has 1 aromatic heterocycles. The van der Waals surface area contributed by atoms with E-state index in [1.807, 2.05) is 26.2 Å². The lowest BCUT2D eigenvalue weighted by Gasteiger charge is -2.08. The molecule has 4 heteroatoms. The van der Waals surface area contributed by atoms with E-state index in [0.29, 0.717) is 12.6 Å². The third kappa shape index (κ3) is 6.46. The van der Waals surface area contributed by atoms with E-state index in [1.54, 1.807) is 0 Å². The Hall–Kier alpha value is -0.840. The Kier molecular flexibility index (Phi) is 6.26. The lowest BCUT2D eigenvalue weighted by Crippen LogP contribution is -2.21. The van der Waals surface area contributed by atoms with Crippen LogP contribution in [-0.2, 0) is 17.9 Å². The van der Waals surface area contributed by atoms with E-state index >= 15 is 0 Å². The van der Waals surface area contributed by atoms with Crippen LogP contribution in [0.5, 0.6) is 0 Å². The highest BCUT2D eigenvalue weighted by Crippen LogP contribution is 2.09. The zero-order chi connectivity index (χ0) is 12.7. The number of hydrogen-bond donors (Lipinski definition) is 1. The van der Waals surface area contributed by atoms with Crippen molar-refractivity contribution in [2.45, 2.75) is 33.0 Å². The van der Waals surface area contributed by atoms with Crippen molar-refractivity contribution in [3.63, 3.8) is 0 Å². The van der Waals surface area contributed by atoms with Crippen LogP contribution < -0.4 is 5.32 Å². The third-order valence-electron chi connectivity index (χ3n) is 2.33. The number of nitrogens with one attached hydrogen (secondary N) is 1. The van der Waals surface area contributed by atoms with Gasteiger partial charge >= 0.3 is 0 Å². The van der Waals surface area contributed by atoms with Gasteiger partial charge in [-0.3, -0.25) is 0 Å². The van der Waals surface area contributed by atoms with Crippen molar-refractivity contribution < 1.29 is 9.15 Å². The lowest BCUT2D eigenvalue weighted by atomic mass is 10.3. The molecule has 0 amide bonds. The van der Waals surface area contributed by atoms with Crippen molar-refractivity contribution in [3.8, 4) is 0 Å². The molecule has 0 radical (unpaired) electrons. The summed E-state index contributed by atoms with van der Waals surface area (Å²) in [6.45, 7) is 7.23. The standard InChI is InChI=1S/C13H24N2O2/c1-11(2)14-9-12-5-6-13(17-12)10-16-8-7-15(3)4/h5-6,11,14H,7-10H2,1-4H3. The van der Waals surface area contributed by atoms with Crippen molar-refractivity contribution >= 4 is 0 Å². The second-order valence-electron chi connectivity index (χ2n) is 4.76. The van der Waals surface area contributed by atoms with E-state index in [-0.39, 0.29) is 0 Å². The maximum absolute atomic E-state index is 5.64. The Labute approximate surface area is 104 Å². The first-order valence-electron chi connectivity index (χ1n) is 6.11. The van der Waals surface area contributed by atoms with Crippen molar-refractivity contribution in [1.29, 1.82) is 0 Å². The fourth-order valence-corrected chi connectivity index (χ4v) is 1.32. The second kappa shape index (κ2) is 7.48. The molecule has 0 atom stereocenters. The van der Waals surface area contributed by atoms with Gasteiger partial charge in [-0.05, 0) is 26.2 Å². The maximum Gasteiger partial charge on any atom is 0.129 e. The number of hydrogen-bond acceptors (Lipinski definition) is 4. The Morgan fingerprint density at radius 1 is 1.29 bits per heavy atom. The molecule has 17 heavy (non-hydrogen) atoms. The average Bonchev–Trinajstić information content (AvgIpc) is 2.69. The minimum Gasteiger partial charge on any atom is -0.462 e. The summed E-state index contributed by atoms with van der Waals surface area (Å²) in [5.74, 6) is 1.86. The van der Waals surface area contributed by atoms with Crippen molar-refractivity contribution in [2.75, 3.05) is 27.2 Å². The molecule has 0 unspecified atom stereocenters. The van der Waals surface area contributed by atoms with Gasteiger partial charge in [0.15, 0.2) is 0 Å². The molecule has 1 aromatic rings. The van der Waals surface area contributed by atoms with Gasteiger partial charge in [0.25, 0.3) is 0 Å². The van der Waals surface area contributed by atoms with E-state index in [0.717, 1.165) is 31.2 Å². The lowest BCUT2D eigenvalue weighted by molar-refractivity contribution is 0.0917. The predicted molar refractivity (Wildman–Crippen MR) is 68.9 cm³/mol. The van der Waals surface area contributed by atoms with E-state index in [1.165, 1.54) is 0 Å². The minimum atomic E-state index is 0.472. The van der Waals surface area contributed by atoms with E-state index in [9.17, 15) is 0 Å². The molecule has 4 nitrogen and oxygen atoms in total. The maximum atomic E-state index is 5.64. The summed E-state index contributed by atoms with van der Waals surface area (Å²) in [5, 5.41) is 3.32. The predicted octanol–water partition coefficient (Wildman–Crippen LogP) is 1.86. The second-order valence-corrected chi connectivity index (χ2v) is 4.76. The first-order valence-corrected chi connectivity index (χ1v) is 6.11. The van der Waals surface area contributed by atoms with Crippen LogP contribution in [-0.4, -0.2) is 38.2 Å². The molecule has 0 aliphatic carbocycles. The quantitative estimate of drug-likeness (QED) is 0.704. The molecule has 0 aliphatic heterocycles. The first-order chi connectivity index (χ1) is 8.08. The van der Waals surface area contributed by atoms with Crippen LogP contribution in [0, 0.1) is 0 Å². The molecule has 98 valence electrons. The van der Waals surface area contributed by atoms with Gasteiger partial charge in [-0.25, -0.2) is 0 Å². The molecule has 0 bridgehead atoms. The van der Waals surface area contributed by atoms with Crippen molar-refractivity contribution in [1.82, 2.24) is 10.2 Å². The van der Waals surface area contributed by atoms with Gasteiger partial charge in [0, 0.05) is 12.6 Å². The van der Waals surface area contributed by atoms with Gasteiger partial charge in [0.2, 0.25) is 0 Å². The number of furan rings is 1. The molecular formula is C13H24N2O2. The van der Waals surface area contributed by atoms with Crippen LogP contribution in [0.4, 0.5) is 0 Å². The monoisotopic (exact) mass is 240 g/mol. The van der Waals surface area contributed by atoms with Gasteiger partial charge in [0.05, 0.1) is 13.2 Å². The molecule has 0 fully saturated rings. The molecular weight excluding hydrogens is 216 g/mol. The van der Waals surface area contributed by atoms with Crippen LogP contribution in [0.25, 0.3) is 0 Å². The minimum absolute atomic E-state index is 0.472. The highest BCUT2D eigenvalue weighted by atomic mass is 16.5. The van der Waals surface area contributed by atoms with E-state index in [2.05, 4.69) is 24.1 Å². The largest absolute Gasteiger partial charge is 0.462 e. The molecule has 0 saturated carbocycles. The van der Waals surface area contributed by atoms with E-state index < -0.39 is 0 Å².